The van der Waals surface area contributed by atoms with E-state index in [1.807, 2.05) is 0 Å². The monoisotopic (exact) mass is 981 g/mol. The highest BCUT2D eigenvalue weighted by Gasteiger charge is 2.19. The minimum atomic E-state index is -0.830. The molecular formula is C65H104O6. The fraction of sp³-hybridized carbons (Fsp3) is 0.615. The Morgan fingerprint density at radius 3 is 0.915 bits per heavy atom. The van der Waals surface area contributed by atoms with Gasteiger partial charge in [0, 0.05) is 19.3 Å². The lowest BCUT2D eigenvalue weighted by Gasteiger charge is -2.18. The summed E-state index contributed by atoms with van der Waals surface area (Å²) in [5.41, 5.74) is 0. The Morgan fingerprint density at radius 2 is 0.563 bits per heavy atom. The number of hydrogen-bond donors (Lipinski definition) is 0. The zero-order chi connectivity index (χ0) is 51.4. The lowest BCUT2D eigenvalue weighted by molar-refractivity contribution is -0.167. The van der Waals surface area contributed by atoms with E-state index in [0.29, 0.717) is 19.3 Å². The predicted molar refractivity (Wildman–Crippen MR) is 306 cm³/mol. The molecule has 0 aromatic carbocycles. The van der Waals surface area contributed by atoms with E-state index in [9.17, 15) is 14.4 Å². The molecule has 1 unspecified atom stereocenters. The second-order valence-electron chi connectivity index (χ2n) is 18.5. The van der Waals surface area contributed by atoms with Gasteiger partial charge in [-0.2, -0.15) is 0 Å². The van der Waals surface area contributed by atoms with Crippen LogP contribution in [0.5, 0.6) is 0 Å². The van der Waals surface area contributed by atoms with Gasteiger partial charge in [-0.15, -0.1) is 0 Å². The van der Waals surface area contributed by atoms with E-state index in [2.05, 4.69) is 154 Å². The summed E-state index contributed by atoms with van der Waals surface area (Å²) >= 11 is 0. The molecule has 0 aromatic rings. The fourth-order valence-corrected chi connectivity index (χ4v) is 7.31. The summed E-state index contributed by atoms with van der Waals surface area (Å²) in [6.07, 6.45) is 81.5. The molecule has 0 heterocycles. The standard InChI is InChI=1S/C65H104O6/c1-4-7-10-13-16-19-22-25-28-31-32-35-37-40-43-46-49-52-55-58-64(67)70-61-62(71-65(68)59-56-53-50-47-44-41-38-34-30-27-24-21-18-15-12-9-6-3)60-69-63(66)57-54-51-48-45-42-39-36-33-29-26-23-20-17-14-11-8-5-2/h7,10,16-21,25-30,32,35,38,40-41,43,47,50,62H,4-6,8-9,11-15,22-24,31,33-34,36-37,39,42,44-46,48-49,51-61H2,1-3H3/b10-7-,19-16-,20-17-,21-18-,28-25-,29-26-,30-27-,35-32-,41-38-,43-40-,50-47-. The molecule has 71 heavy (non-hydrogen) atoms. The van der Waals surface area contributed by atoms with Gasteiger partial charge in [-0.25, -0.2) is 0 Å². The summed E-state index contributed by atoms with van der Waals surface area (Å²) in [7, 11) is 0. The van der Waals surface area contributed by atoms with Gasteiger partial charge in [0.15, 0.2) is 6.10 Å². The summed E-state index contributed by atoms with van der Waals surface area (Å²) in [5, 5.41) is 0. The topological polar surface area (TPSA) is 78.9 Å². The third kappa shape index (κ3) is 56.3. The number of carbonyl (C=O) groups excluding carboxylic acids is 3. The Hall–Kier alpha value is -4.45. The van der Waals surface area contributed by atoms with Crippen molar-refractivity contribution in [1.29, 1.82) is 0 Å². The maximum Gasteiger partial charge on any atom is 0.306 e. The SMILES string of the molecule is CC/C=C\C/C=C\C/C=C\C/C=C\C/C=C\CCCCCC(=O)OCC(COC(=O)CCCCCCCCC/C=C\C/C=C\CCCCC)OC(=O)CCC/C=C\C/C=C\C/C=C\C/C=C\CCCCC. The lowest BCUT2D eigenvalue weighted by atomic mass is 10.1. The second-order valence-corrected chi connectivity index (χ2v) is 18.5. The molecule has 0 aliphatic heterocycles. The number of unbranched alkanes of at least 4 members (excludes halogenated alkanes) is 17. The molecule has 0 aliphatic carbocycles. The first-order chi connectivity index (χ1) is 35.0. The van der Waals surface area contributed by atoms with Gasteiger partial charge in [-0.05, 0) is 135 Å². The highest BCUT2D eigenvalue weighted by molar-refractivity contribution is 5.71. The number of allylic oxidation sites excluding steroid dienone is 22. The van der Waals surface area contributed by atoms with E-state index in [0.717, 1.165) is 116 Å². The molecule has 0 bridgehead atoms. The molecule has 0 aliphatic rings. The third-order valence-electron chi connectivity index (χ3n) is 11.6. The summed E-state index contributed by atoms with van der Waals surface area (Å²) in [5.74, 6) is -1.02. The fourth-order valence-electron chi connectivity index (χ4n) is 7.31. The Labute approximate surface area is 436 Å². The average Bonchev–Trinajstić information content (AvgIpc) is 3.37. The van der Waals surface area contributed by atoms with Crippen molar-refractivity contribution in [2.75, 3.05) is 13.2 Å². The number of hydrogen-bond acceptors (Lipinski definition) is 6. The number of rotatable bonds is 50. The van der Waals surface area contributed by atoms with Gasteiger partial charge >= 0.3 is 17.9 Å². The number of esters is 3. The van der Waals surface area contributed by atoms with Crippen LogP contribution in [0.3, 0.4) is 0 Å². The molecule has 0 saturated heterocycles. The van der Waals surface area contributed by atoms with E-state index in [1.165, 1.54) is 77.0 Å². The van der Waals surface area contributed by atoms with Gasteiger partial charge in [0.1, 0.15) is 13.2 Å². The van der Waals surface area contributed by atoms with Crippen LogP contribution in [0.15, 0.2) is 134 Å². The maximum atomic E-state index is 12.8. The van der Waals surface area contributed by atoms with Crippen LogP contribution in [0.2, 0.25) is 0 Å². The largest absolute Gasteiger partial charge is 0.462 e. The van der Waals surface area contributed by atoms with E-state index >= 15 is 0 Å². The van der Waals surface area contributed by atoms with Crippen LogP contribution in [0.1, 0.15) is 239 Å². The predicted octanol–water partition coefficient (Wildman–Crippen LogP) is 19.4. The van der Waals surface area contributed by atoms with Crippen LogP contribution in [0.4, 0.5) is 0 Å². The van der Waals surface area contributed by atoms with Gasteiger partial charge in [0.25, 0.3) is 0 Å². The number of ether oxygens (including phenoxy) is 3. The molecule has 0 aromatic heterocycles. The van der Waals surface area contributed by atoms with Crippen molar-refractivity contribution in [3.8, 4) is 0 Å². The average molecular weight is 982 g/mol. The molecule has 400 valence electrons. The minimum Gasteiger partial charge on any atom is -0.462 e. The Bertz CT molecular complexity index is 1550. The second kappa shape index (κ2) is 58.1. The third-order valence-corrected chi connectivity index (χ3v) is 11.6. The quantitative estimate of drug-likeness (QED) is 0.0262. The Morgan fingerprint density at radius 1 is 0.296 bits per heavy atom. The lowest BCUT2D eigenvalue weighted by Crippen LogP contribution is -2.30. The Balaban J connectivity index is 4.57. The van der Waals surface area contributed by atoms with Crippen molar-refractivity contribution in [2.24, 2.45) is 0 Å². The van der Waals surface area contributed by atoms with Crippen molar-refractivity contribution in [2.45, 2.75) is 245 Å². The highest BCUT2D eigenvalue weighted by atomic mass is 16.6. The van der Waals surface area contributed by atoms with Crippen LogP contribution in [0, 0.1) is 0 Å². The van der Waals surface area contributed by atoms with Crippen LogP contribution < -0.4 is 0 Å². The van der Waals surface area contributed by atoms with Gasteiger partial charge in [-0.1, -0.05) is 219 Å². The molecule has 0 spiro atoms. The molecule has 0 amide bonds. The first-order valence-electron chi connectivity index (χ1n) is 28.7. The summed E-state index contributed by atoms with van der Waals surface area (Å²) < 4.78 is 16.8. The van der Waals surface area contributed by atoms with Gasteiger partial charge < -0.3 is 14.2 Å². The maximum absolute atomic E-state index is 12.8. The Kier molecular flexibility index (Phi) is 54.5. The van der Waals surface area contributed by atoms with E-state index in [1.54, 1.807) is 0 Å². The normalized spacial score (nSPS) is 13.1. The van der Waals surface area contributed by atoms with Crippen LogP contribution in [-0.4, -0.2) is 37.2 Å². The minimum absolute atomic E-state index is 0.119. The van der Waals surface area contributed by atoms with Crippen molar-refractivity contribution < 1.29 is 28.6 Å². The molecule has 6 heteroatoms. The first-order valence-corrected chi connectivity index (χ1v) is 28.7. The van der Waals surface area contributed by atoms with E-state index in [-0.39, 0.29) is 37.5 Å². The molecule has 0 radical (unpaired) electrons. The number of carbonyl (C=O) groups is 3. The van der Waals surface area contributed by atoms with Crippen LogP contribution in [-0.2, 0) is 28.6 Å². The van der Waals surface area contributed by atoms with Crippen molar-refractivity contribution in [1.82, 2.24) is 0 Å². The molecule has 1 atom stereocenters. The molecule has 6 nitrogen and oxygen atoms in total. The van der Waals surface area contributed by atoms with Crippen LogP contribution in [0.25, 0.3) is 0 Å². The van der Waals surface area contributed by atoms with Crippen LogP contribution >= 0.6 is 0 Å². The van der Waals surface area contributed by atoms with Gasteiger partial charge in [0.05, 0.1) is 0 Å². The van der Waals surface area contributed by atoms with Crippen molar-refractivity contribution in [3.63, 3.8) is 0 Å². The zero-order valence-electron chi connectivity index (χ0n) is 45.7. The molecule has 0 rings (SSSR count). The van der Waals surface area contributed by atoms with E-state index < -0.39 is 6.10 Å². The summed E-state index contributed by atoms with van der Waals surface area (Å²) in [6, 6.07) is 0. The molecule has 0 fully saturated rings. The van der Waals surface area contributed by atoms with E-state index in [4.69, 9.17) is 14.2 Å². The molecular weight excluding hydrogens is 877 g/mol. The smallest absolute Gasteiger partial charge is 0.306 e. The summed E-state index contributed by atoms with van der Waals surface area (Å²) in [6.45, 7) is 6.38. The van der Waals surface area contributed by atoms with Gasteiger partial charge in [-0.3, -0.25) is 14.4 Å². The summed E-state index contributed by atoms with van der Waals surface area (Å²) in [4.78, 5) is 38.2. The van der Waals surface area contributed by atoms with Gasteiger partial charge in [0.2, 0.25) is 0 Å². The molecule has 0 saturated carbocycles. The highest BCUT2D eigenvalue weighted by Crippen LogP contribution is 2.13. The van der Waals surface area contributed by atoms with Crippen molar-refractivity contribution >= 4 is 17.9 Å². The zero-order valence-corrected chi connectivity index (χ0v) is 45.7. The molecule has 0 N–H and O–H groups in total. The van der Waals surface area contributed by atoms with Crippen molar-refractivity contribution in [3.05, 3.63) is 134 Å². The first kappa shape index (κ1) is 66.6.